The van der Waals surface area contributed by atoms with Gasteiger partial charge < -0.3 is 56.0 Å². The quantitative estimate of drug-likeness (QED) is 0.102. The van der Waals surface area contributed by atoms with Gasteiger partial charge in [0.2, 0.25) is 24.0 Å². The van der Waals surface area contributed by atoms with Gasteiger partial charge in [-0.1, -0.05) is 19.9 Å². The number of primary amides is 1. The number of carbonyl (C=O) groups is 8. The first-order valence-electron chi connectivity index (χ1n) is 17.4. The van der Waals surface area contributed by atoms with E-state index < -0.39 is 109 Å². The number of nitrogens with two attached hydrogens (primary N) is 1. The smallest absolute Gasteiger partial charge is 0.410 e. The van der Waals surface area contributed by atoms with Crippen molar-refractivity contribution in [2.24, 2.45) is 11.7 Å². The number of imide groups is 1. The number of aliphatic hydroxyl groups is 2. The van der Waals surface area contributed by atoms with Crippen LogP contribution in [0, 0.1) is 5.92 Å². The summed E-state index contributed by atoms with van der Waals surface area (Å²) in [6.07, 6.45) is -7.17. The number of likely N-dealkylation sites (N-methyl/N-ethyl adjacent to an activating group) is 1. The second-order valence-corrected chi connectivity index (χ2v) is 14.2. The van der Waals surface area contributed by atoms with E-state index in [4.69, 9.17) is 24.7 Å². The first kappa shape index (κ1) is 44.6. The van der Waals surface area contributed by atoms with Gasteiger partial charge in [-0.05, 0) is 44.4 Å². The van der Waals surface area contributed by atoms with E-state index in [1.165, 1.54) is 25.2 Å². The van der Waals surface area contributed by atoms with E-state index in [0.717, 1.165) is 17.1 Å². The van der Waals surface area contributed by atoms with Crippen molar-refractivity contribution in [2.45, 2.75) is 96.4 Å². The summed E-state index contributed by atoms with van der Waals surface area (Å²) in [4.78, 5) is 101. The highest BCUT2D eigenvalue weighted by molar-refractivity contribution is 6.15. The van der Waals surface area contributed by atoms with Crippen LogP contribution in [0.4, 0.5) is 15.3 Å². The van der Waals surface area contributed by atoms with Crippen molar-refractivity contribution in [3.05, 3.63) is 35.9 Å². The molecule has 308 valence electrons. The number of nitrogens with zero attached hydrogens (tertiary/aromatic N) is 2. The van der Waals surface area contributed by atoms with Gasteiger partial charge in [0.05, 0.1) is 18.3 Å². The first-order chi connectivity index (χ1) is 26.1. The maximum atomic E-state index is 13.2. The third-order valence-corrected chi connectivity index (χ3v) is 8.20. The van der Waals surface area contributed by atoms with E-state index in [0.29, 0.717) is 4.90 Å². The summed E-state index contributed by atoms with van der Waals surface area (Å²) >= 11 is 0. The number of carbonyl (C=O) groups excluding carboxylic acids is 7. The van der Waals surface area contributed by atoms with Gasteiger partial charge in [0, 0.05) is 38.6 Å². The van der Waals surface area contributed by atoms with Crippen molar-refractivity contribution in [3.8, 4) is 5.75 Å². The largest absolute Gasteiger partial charge is 0.479 e. The molecule has 2 aliphatic rings. The fourth-order valence-electron chi connectivity index (χ4n) is 5.56. The van der Waals surface area contributed by atoms with Crippen LogP contribution in [0.5, 0.6) is 5.75 Å². The Morgan fingerprint density at radius 1 is 1.05 bits per heavy atom. The molecular weight excluding hydrogens is 744 g/mol. The Morgan fingerprint density at radius 3 is 2.27 bits per heavy atom. The summed E-state index contributed by atoms with van der Waals surface area (Å²) in [5.41, 5.74) is 4.75. The van der Waals surface area contributed by atoms with Gasteiger partial charge in [-0.15, -0.1) is 0 Å². The molecular formula is C35H48N6O15. The Morgan fingerprint density at radius 2 is 1.70 bits per heavy atom. The Hall–Kier alpha value is -5.80. The molecule has 2 heterocycles. The number of nitrogens with one attached hydrogen (secondary N) is 3. The SMILES string of the molecule is CC(C)[C@@H](C(N)=O)N(C)C(=O)OCc1ccc(O[C@@H]2O[C@H](C(=O)O)C[C@H](O)[C@H]2O)c(NC(=O)CCNC(=O)[C@H](CNC(=O)OC(C)(C)C)N2C(=O)C=CC2=O)c1. The average molecular weight is 793 g/mol. The molecule has 0 spiro atoms. The van der Waals surface area contributed by atoms with Crippen LogP contribution in [0.25, 0.3) is 0 Å². The summed E-state index contributed by atoms with van der Waals surface area (Å²) in [6, 6.07) is 1.55. The topological polar surface area (TPSA) is 303 Å². The molecule has 0 bridgehead atoms. The van der Waals surface area contributed by atoms with Gasteiger partial charge in [0.25, 0.3) is 11.8 Å². The molecule has 21 heteroatoms. The Bertz CT molecular complexity index is 1690. The van der Waals surface area contributed by atoms with Crippen molar-refractivity contribution in [1.29, 1.82) is 0 Å². The highest BCUT2D eigenvalue weighted by Gasteiger charge is 2.42. The zero-order valence-electron chi connectivity index (χ0n) is 31.7. The van der Waals surface area contributed by atoms with Crippen LogP contribution in [-0.2, 0) is 49.6 Å². The number of aliphatic carboxylic acids is 1. The highest BCUT2D eigenvalue weighted by atomic mass is 16.7. The molecule has 0 unspecified atom stereocenters. The Balaban J connectivity index is 1.77. The molecule has 0 radical (unpaired) electrons. The lowest BCUT2D eigenvalue weighted by atomic mass is 10.0. The number of anilines is 1. The van der Waals surface area contributed by atoms with Crippen LogP contribution in [0.2, 0.25) is 0 Å². The van der Waals surface area contributed by atoms with Crippen molar-refractivity contribution in [1.82, 2.24) is 20.4 Å². The standard InChI is InChI=1S/C35H48N6O15/c1-17(2)27(29(36)47)40(6)34(52)53-16-18-7-8-22(54-32-28(46)21(42)14-23(55-32)31(49)50)19(13-18)39-24(43)11-12-37-30(48)20(41-25(44)9-10-26(41)45)15-38-33(51)56-35(3,4)5/h7-10,13,17,20-21,23,27-28,32,42,46H,11-12,14-16H2,1-6H3,(H2,36,47)(H,37,48)(H,38,51)(H,39,43)(H,49,50)/t20-,21-,23-,27-,28+,32+/m0/s1. The second-order valence-electron chi connectivity index (χ2n) is 14.2. The Labute approximate surface area is 321 Å². The zero-order valence-corrected chi connectivity index (χ0v) is 31.7. The summed E-state index contributed by atoms with van der Waals surface area (Å²) in [6.45, 7) is 6.99. The molecule has 56 heavy (non-hydrogen) atoms. The van der Waals surface area contributed by atoms with Gasteiger partial charge >= 0.3 is 18.2 Å². The number of hydrogen-bond acceptors (Lipinski definition) is 14. The van der Waals surface area contributed by atoms with Gasteiger partial charge in [-0.3, -0.25) is 33.8 Å². The molecule has 0 aromatic heterocycles. The zero-order chi connectivity index (χ0) is 42.1. The normalized spacial score (nSPS) is 20.5. The minimum absolute atomic E-state index is 0.0954. The first-order valence-corrected chi connectivity index (χ1v) is 17.4. The van der Waals surface area contributed by atoms with Crippen molar-refractivity contribution in [3.63, 3.8) is 0 Å². The number of alkyl carbamates (subject to hydrolysis) is 1. The summed E-state index contributed by atoms with van der Waals surface area (Å²) < 4.78 is 21.5. The monoisotopic (exact) mass is 792 g/mol. The van der Waals surface area contributed by atoms with E-state index >= 15 is 0 Å². The van der Waals surface area contributed by atoms with Gasteiger partial charge in [0.15, 0.2) is 6.10 Å². The van der Waals surface area contributed by atoms with Crippen LogP contribution in [0.3, 0.4) is 0 Å². The lowest BCUT2D eigenvalue weighted by molar-refractivity contribution is -0.238. The van der Waals surface area contributed by atoms with Crippen LogP contribution in [0.1, 0.15) is 53.0 Å². The minimum atomic E-state index is -1.70. The van der Waals surface area contributed by atoms with Crippen LogP contribution in [-0.4, -0.2) is 135 Å². The van der Waals surface area contributed by atoms with Gasteiger partial charge in [-0.25, -0.2) is 14.4 Å². The predicted molar refractivity (Wildman–Crippen MR) is 191 cm³/mol. The second kappa shape index (κ2) is 19.2. The molecule has 8 N–H and O–H groups in total. The number of ether oxygens (including phenoxy) is 4. The number of aliphatic hydroxyl groups excluding tert-OH is 2. The van der Waals surface area contributed by atoms with Gasteiger partial charge in [-0.2, -0.15) is 0 Å². The fourth-order valence-corrected chi connectivity index (χ4v) is 5.56. The summed E-state index contributed by atoms with van der Waals surface area (Å²) in [5, 5.41) is 37.5. The highest BCUT2D eigenvalue weighted by Crippen LogP contribution is 2.31. The van der Waals surface area contributed by atoms with Crippen molar-refractivity contribution in [2.75, 3.05) is 25.5 Å². The summed E-state index contributed by atoms with van der Waals surface area (Å²) in [7, 11) is 1.34. The molecule has 1 saturated heterocycles. The Kier molecular flexibility index (Phi) is 15.3. The molecule has 3 rings (SSSR count). The molecule has 1 fully saturated rings. The number of amides is 7. The molecule has 1 aromatic rings. The average Bonchev–Trinajstić information content (AvgIpc) is 3.42. The maximum Gasteiger partial charge on any atom is 0.410 e. The lowest BCUT2D eigenvalue weighted by Crippen LogP contribution is -2.55. The van der Waals surface area contributed by atoms with Crippen LogP contribution >= 0.6 is 0 Å². The third-order valence-electron chi connectivity index (χ3n) is 8.20. The van der Waals surface area contributed by atoms with E-state index in [9.17, 15) is 53.7 Å². The number of hydrogen-bond donors (Lipinski definition) is 7. The third kappa shape index (κ3) is 12.4. The molecule has 21 nitrogen and oxygen atoms in total. The number of carboxylic acid groups (broad SMARTS) is 1. The maximum absolute atomic E-state index is 13.2. The molecule has 7 amide bonds. The van der Waals surface area contributed by atoms with Crippen molar-refractivity contribution >= 4 is 53.4 Å². The molecule has 6 atom stereocenters. The number of carboxylic acids is 1. The summed E-state index contributed by atoms with van der Waals surface area (Å²) in [5.74, 6) is -5.89. The van der Waals surface area contributed by atoms with E-state index in [1.807, 2.05) is 0 Å². The molecule has 1 aromatic carbocycles. The fraction of sp³-hybridized carbons (Fsp3) is 0.543. The number of benzene rings is 1. The molecule has 0 saturated carbocycles. The minimum Gasteiger partial charge on any atom is -0.479 e. The van der Waals surface area contributed by atoms with Crippen LogP contribution in [0.15, 0.2) is 30.4 Å². The van der Waals surface area contributed by atoms with E-state index in [-0.39, 0.29) is 36.1 Å². The lowest BCUT2D eigenvalue weighted by Gasteiger charge is -2.35. The van der Waals surface area contributed by atoms with E-state index in [1.54, 1.807) is 34.6 Å². The van der Waals surface area contributed by atoms with Crippen molar-refractivity contribution < 1.29 is 72.6 Å². The number of rotatable bonds is 16. The predicted octanol–water partition coefficient (Wildman–Crippen LogP) is -0.672. The van der Waals surface area contributed by atoms with Crippen LogP contribution < -0.4 is 26.4 Å². The van der Waals surface area contributed by atoms with E-state index in [2.05, 4.69) is 16.0 Å². The van der Waals surface area contributed by atoms with Gasteiger partial charge in [0.1, 0.15) is 36.1 Å². The molecule has 0 aliphatic carbocycles. The molecule has 2 aliphatic heterocycles.